The molecule has 1 unspecified atom stereocenters. The first kappa shape index (κ1) is 26.3. The summed E-state index contributed by atoms with van der Waals surface area (Å²) in [4.78, 5) is 33.6. The minimum Gasteiger partial charge on any atom is -0.508 e. The predicted molar refractivity (Wildman–Crippen MR) is 152 cm³/mol. The SMILES string of the molecule is CCC[C@@H](NC(=O)c1ccc(C2C(c3nc4ccc(O)cc4[nH]3)=CC=C[C@@H]2Cl)c(C(=O)O)c1)c1ccccc1. The summed E-state index contributed by atoms with van der Waals surface area (Å²) < 4.78 is 0. The molecule has 39 heavy (non-hydrogen) atoms. The number of rotatable bonds is 8. The molecule has 1 aliphatic rings. The number of H-pyrrole nitrogens is 1. The van der Waals surface area contributed by atoms with E-state index < -0.39 is 17.3 Å². The molecular formula is C31H28ClN3O4. The van der Waals surface area contributed by atoms with Crippen LogP contribution in [0.1, 0.15) is 69.4 Å². The molecule has 7 nitrogen and oxygen atoms in total. The molecule has 3 atom stereocenters. The molecule has 0 spiro atoms. The highest BCUT2D eigenvalue weighted by Gasteiger charge is 2.32. The van der Waals surface area contributed by atoms with E-state index in [2.05, 4.69) is 22.2 Å². The van der Waals surface area contributed by atoms with E-state index in [0.29, 0.717) is 28.0 Å². The number of carbonyl (C=O) groups is 2. The average Bonchev–Trinajstić information content (AvgIpc) is 3.36. The number of alkyl halides is 1. The van der Waals surface area contributed by atoms with Gasteiger partial charge in [0.2, 0.25) is 0 Å². The monoisotopic (exact) mass is 541 g/mol. The van der Waals surface area contributed by atoms with E-state index in [1.165, 1.54) is 6.07 Å². The number of fused-ring (bicyclic) bond motifs is 1. The largest absolute Gasteiger partial charge is 0.508 e. The summed E-state index contributed by atoms with van der Waals surface area (Å²) in [5, 5.41) is 22.5. The zero-order valence-electron chi connectivity index (χ0n) is 21.3. The van der Waals surface area contributed by atoms with Gasteiger partial charge in [0, 0.05) is 23.1 Å². The maximum absolute atomic E-state index is 13.3. The van der Waals surface area contributed by atoms with Gasteiger partial charge in [-0.2, -0.15) is 0 Å². The van der Waals surface area contributed by atoms with Crippen LogP contribution in [0.15, 0.2) is 85.0 Å². The molecule has 0 saturated carbocycles. The molecule has 1 aliphatic carbocycles. The normalized spacial score (nSPS) is 17.5. The Kier molecular flexibility index (Phi) is 7.52. The Labute approximate surface area is 230 Å². The quantitative estimate of drug-likeness (QED) is 0.188. The smallest absolute Gasteiger partial charge is 0.336 e. The van der Waals surface area contributed by atoms with Crippen LogP contribution in [0.2, 0.25) is 0 Å². The third-order valence-corrected chi connectivity index (χ3v) is 7.33. The molecule has 198 valence electrons. The summed E-state index contributed by atoms with van der Waals surface area (Å²) in [6.45, 7) is 2.05. The Morgan fingerprint density at radius 1 is 1.10 bits per heavy atom. The zero-order chi connectivity index (χ0) is 27.5. The van der Waals surface area contributed by atoms with Gasteiger partial charge in [-0.3, -0.25) is 4.79 Å². The molecule has 1 aromatic heterocycles. The minimum absolute atomic E-state index is 0.00000758. The number of phenolic OH excluding ortho intramolecular Hbond substituents is 1. The Morgan fingerprint density at radius 3 is 2.64 bits per heavy atom. The lowest BCUT2D eigenvalue weighted by molar-refractivity contribution is 0.0695. The lowest BCUT2D eigenvalue weighted by Gasteiger charge is -2.27. The number of nitrogens with zero attached hydrogens (tertiary/aromatic N) is 1. The molecule has 0 fully saturated rings. The number of aromatic hydroxyl groups is 1. The number of aromatic carboxylic acids is 1. The number of halogens is 1. The molecule has 5 rings (SSSR count). The van der Waals surface area contributed by atoms with Crippen LogP contribution in [-0.4, -0.2) is 37.4 Å². The van der Waals surface area contributed by atoms with Gasteiger partial charge in [0.1, 0.15) is 11.6 Å². The van der Waals surface area contributed by atoms with Gasteiger partial charge in [-0.05, 0) is 41.8 Å². The number of carboxylic acid groups (broad SMARTS) is 1. The van der Waals surface area contributed by atoms with Crippen molar-refractivity contribution in [2.75, 3.05) is 0 Å². The number of aromatic amines is 1. The van der Waals surface area contributed by atoms with E-state index in [0.717, 1.165) is 18.4 Å². The van der Waals surface area contributed by atoms with Gasteiger partial charge in [-0.1, -0.05) is 68.0 Å². The summed E-state index contributed by atoms with van der Waals surface area (Å²) in [6, 6.07) is 19.1. The maximum Gasteiger partial charge on any atom is 0.336 e. The van der Waals surface area contributed by atoms with Crippen molar-refractivity contribution in [2.24, 2.45) is 0 Å². The predicted octanol–water partition coefficient (Wildman–Crippen LogP) is 6.58. The molecule has 0 saturated heterocycles. The van der Waals surface area contributed by atoms with Crippen molar-refractivity contribution in [1.29, 1.82) is 0 Å². The van der Waals surface area contributed by atoms with Crippen LogP contribution in [0, 0.1) is 0 Å². The molecule has 3 aromatic carbocycles. The highest BCUT2D eigenvalue weighted by atomic mass is 35.5. The highest BCUT2D eigenvalue weighted by Crippen LogP contribution is 2.41. The van der Waals surface area contributed by atoms with Gasteiger partial charge in [0.15, 0.2) is 0 Å². The summed E-state index contributed by atoms with van der Waals surface area (Å²) >= 11 is 6.75. The number of nitrogens with one attached hydrogen (secondary N) is 2. The first-order valence-electron chi connectivity index (χ1n) is 12.8. The second-order valence-electron chi connectivity index (χ2n) is 9.55. The summed E-state index contributed by atoms with van der Waals surface area (Å²) in [5.41, 5.74) is 3.75. The number of hydrogen-bond donors (Lipinski definition) is 4. The zero-order valence-corrected chi connectivity index (χ0v) is 22.0. The maximum atomic E-state index is 13.3. The standard InChI is InChI=1S/C31H28ClN3O4/c1-2-7-25(18-8-4-3-5-9-18)35-30(37)19-12-14-21(23(16-19)31(38)39)28-22(10-6-11-24(28)32)29-33-26-15-13-20(36)17-27(26)34-29/h3-6,8-17,24-25,28,36H,2,7H2,1H3,(H,33,34)(H,35,37)(H,38,39)/t24-,25+,28?/m0/s1. The van der Waals surface area contributed by atoms with Crippen molar-refractivity contribution in [3.8, 4) is 5.75 Å². The van der Waals surface area contributed by atoms with E-state index in [1.807, 2.05) is 42.5 Å². The van der Waals surface area contributed by atoms with E-state index in [-0.39, 0.29) is 28.8 Å². The van der Waals surface area contributed by atoms with Crippen molar-refractivity contribution in [3.63, 3.8) is 0 Å². The second kappa shape index (κ2) is 11.2. The number of benzene rings is 3. The number of phenols is 1. The van der Waals surface area contributed by atoms with Crippen LogP contribution in [0.5, 0.6) is 5.75 Å². The lowest BCUT2D eigenvalue weighted by Crippen LogP contribution is -2.29. The second-order valence-corrected chi connectivity index (χ2v) is 10.1. The first-order valence-corrected chi connectivity index (χ1v) is 13.2. The Hall–Kier alpha value is -4.36. The van der Waals surface area contributed by atoms with Crippen LogP contribution >= 0.6 is 11.6 Å². The van der Waals surface area contributed by atoms with Gasteiger partial charge in [-0.25, -0.2) is 9.78 Å². The number of hydrogen-bond acceptors (Lipinski definition) is 4. The van der Waals surface area contributed by atoms with Crippen molar-refractivity contribution >= 4 is 40.1 Å². The van der Waals surface area contributed by atoms with Gasteiger partial charge in [-0.15, -0.1) is 11.6 Å². The molecule has 4 aromatic rings. The topological polar surface area (TPSA) is 115 Å². The number of imidazole rings is 1. The van der Waals surface area contributed by atoms with Crippen LogP contribution in [0.3, 0.4) is 0 Å². The summed E-state index contributed by atoms with van der Waals surface area (Å²) in [5.74, 6) is -1.40. The van der Waals surface area contributed by atoms with Crippen LogP contribution in [0.25, 0.3) is 16.6 Å². The van der Waals surface area contributed by atoms with Crippen molar-refractivity contribution in [1.82, 2.24) is 15.3 Å². The van der Waals surface area contributed by atoms with Crippen molar-refractivity contribution < 1.29 is 19.8 Å². The Bertz CT molecular complexity index is 1590. The number of amides is 1. The average molecular weight is 542 g/mol. The molecule has 1 amide bonds. The number of allylic oxidation sites excluding steroid dienone is 4. The minimum atomic E-state index is -1.15. The van der Waals surface area contributed by atoms with Crippen LogP contribution < -0.4 is 5.32 Å². The molecule has 0 bridgehead atoms. The number of carboxylic acids is 1. The van der Waals surface area contributed by atoms with Crippen LogP contribution in [0.4, 0.5) is 0 Å². The van der Waals surface area contributed by atoms with Gasteiger partial charge < -0.3 is 20.5 Å². The van der Waals surface area contributed by atoms with Crippen molar-refractivity contribution in [3.05, 3.63) is 113 Å². The van der Waals surface area contributed by atoms with Crippen molar-refractivity contribution in [2.45, 2.75) is 37.1 Å². The third kappa shape index (κ3) is 5.45. The van der Waals surface area contributed by atoms with Crippen LogP contribution in [-0.2, 0) is 0 Å². The molecule has 1 heterocycles. The molecule has 0 aliphatic heterocycles. The van der Waals surface area contributed by atoms with E-state index >= 15 is 0 Å². The molecule has 8 heteroatoms. The number of carbonyl (C=O) groups excluding carboxylic acids is 1. The fourth-order valence-electron chi connectivity index (χ4n) is 5.04. The Balaban J connectivity index is 1.49. The van der Waals surface area contributed by atoms with E-state index in [1.54, 1.807) is 36.4 Å². The fraction of sp³-hybridized carbons (Fsp3) is 0.194. The van der Waals surface area contributed by atoms with E-state index in [9.17, 15) is 19.8 Å². The van der Waals surface area contributed by atoms with Gasteiger partial charge in [0.25, 0.3) is 5.91 Å². The third-order valence-electron chi connectivity index (χ3n) is 6.93. The lowest BCUT2D eigenvalue weighted by atomic mass is 9.81. The highest BCUT2D eigenvalue weighted by molar-refractivity contribution is 6.23. The molecule has 0 radical (unpaired) electrons. The van der Waals surface area contributed by atoms with Gasteiger partial charge in [0.05, 0.1) is 28.0 Å². The van der Waals surface area contributed by atoms with Gasteiger partial charge >= 0.3 is 5.97 Å². The molecule has 4 N–H and O–H groups in total. The fourth-order valence-corrected chi connectivity index (χ4v) is 5.40. The summed E-state index contributed by atoms with van der Waals surface area (Å²) in [6.07, 6.45) is 7.09. The molecular weight excluding hydrogens is 514 g/mol. The van der Waals surface area contributed by atoms with E-state index in [4.69, 9.17) is 11.6 Å². The Morgan fingerprint density at radius 2 is 1.90 bits per heavy atom. The number of aromatic nitrogens is 2. The first-order chi connectivity index (χ1) is 18.9. The summed E-state index contributed by atoms with van der Waals surface area (Å²) in [7, 11) is 0.